The molecule has 0 amide bonds. The molecular weight excluding hydrogens is 342 g/mol. The number of pyridine rings is 1. The van der Waals surface area contributed by atoms with Crippen molar-refractivity contribution >= 4 is 17.1 Å². The lowest BCUT2D eigenvalue weighted by molar-refractivity contribution is 0.0206. The van der Waals surface area contributed by atoms with Gasteiger partial charge >= 0.3 is 6.16 Å². The highest BCUT2D eigenvalue weighted by molar-refractivity contribution is 5.84. The van der Waals surface area contributed by atoms with Crippen molar-refractivity contribution in [3.05, 3.63) is 48.4 Å². The first-order chi connectivity index (χ1) is 12.9. The van der Waals surface area contributed by atoms with Crippen LogP contribution in [0.25, 0.3) is 16.6 Å². The first-order valence-electron chi connectivity index (χ1n) is 9.22. The van der Waals surface area contributed by atoms with Crippen LogP contribution in [0.15, 0.2) is 42.7 Å². The van der Waals surface area contributed by atoms with Gasteiger partial charge in [0.25, 0.3) is 0 Å². The van der Waals surface area contributed by atoms with Crippen molar-refractivity contribution in [1.82, 2.24) is 14.8 Å². The molecule has 0 bridgehead atoms. The normalized spacial score (nSPS) is 14.3. The molecule has 27 heavy (non-hydrogen) atoms. The summed E-state index contributed by atoms with van der Waals surface area (Å²) in [6.07, 6.45) is 6.34. The van der Waals surface area contributed by atoms with Crippen molar-refractivity contribution in [3.8, 4) is 11.4 Å². The highest BCUT2D eigenvalue weighted by Gasteiger charge is 2.26. The zero-order valence-electron chi connectivity index (χ0n) is 15.8. The summed E-state index contributed by atoms with van der Waals surface area (Å²) in [4.78, 5) is 16.0. The zero-order valence-corrected chi connectivity index (χ0v) is 15.8. The molecule has 6 nitrogen and oxygen atoms in total. The molecular formula is C21H23N3O3. The molecule has 6 heteroatoms. The maximum atomic E-state index is 11.9. The molecule has 1 fully saturated rings. The molecule has 1 saturated carbocycles. The summed E-state index contributed by atoms with van der Waals surface area (Å²) in [5.41, 5.74) is 2.36. The monoisotopic (exact) mass is 365 g/mol. The Morgan fingerprint density at radius 2 is 1.93 bits per heavy atom. The van der Waals surface area contributed by atoms with Gasteiger partial charge in [-0.2, -0.15) is 5.10 Å². The van der Waals surface area contributed by atoms with E-state index in [1.54, 1.807) is 45.3 Å². The van der Waals surface area contributed by atoms with Gasteiger partial charge in [0.05, 0.1) is 16.9 Å². The maximum absolute atomic E-state index is 11.9. The van der Waals surface area contributed by atoms with Gasteiger partial charge in [0, 0.05) is 23.8 Å². The lowest BCUT2D eigenvalue weighted by atomic mass is 10.1. The second-order valence-electron chi connectivity index (χ2n) is 7.96. The van der Waals surface area contributed by atoms with Crippen LogP contribution in [0.2, 0.25) is 0 Å². The van der Waals surface area contributed by atoms with Gasteiger partial charge in [-0.25, -0.2) is 9.48 Å². The molecule has 0 saturated heterocycles. The average Bonchev–Trinajstić information content (AvgIpc) is 3.35. The molecule has 0 atom stereocenters. The Morgan fingerprint density at radius 3 is 2.59 bits per heavy atom. The molecule has 0 spiro atoms. The van der Waals surface area contributed by atoms with Crippen LogP contribution in [0.5, 0.6) is 5.75 Å². The number of ether oxygens (including phenoxy) is 2. The number of aromatic nitrogens is 3. The minimum absolute atomic E-state index is 0.425. The van der Waals surface area contributed by atoms with Gasteiger partial charge in [0.15, 0.2) is 0 Å². The number of fused-ring (bicyclic) bond motifs is 1. The average molecular weight is 365 g/mol. The Balaban J connectivity index is 1.68. The third-order valence-electron chi connectivity index (χ3n) is 4.42. The maximum Gasteiger partial charge on any atom is 0.514 e. The van der Waals surface area contributed by atoms with Crippen molar-refractivity contribution in [2.45, 2.75) is 45.6 Å². The molecule has 4 rings (SSSR count). The number of carbonyl (C=O) groups is 1. The fourth-order valence-electron chi connectivity index (χ4n) is 3.04. The van der Waals surface area contributed by atoms with Crippen molar-refractivity contribution in [2.75, 3.05) is 0 Å². The minimum atomic E-state index is -0.714. The quantitative estimate of drug-likeness (QED) is 0.496. The van der Waals surface area contributed by atoms with E-state index in [0.717, 1.165) is 28.9 Å². The second kappa shape index (κ2) is 6.68. The summed E-state index contributed by atoms with van der Waals surface area (Å²) in [5, 5.41) is 5.84. The topological polar surface area (TPSA) is 66.2 Å². The molecule has 2 heterocycles. The van der Waals surface area contributed by atoms with Crippen molar-refractivity contribution in [3.63, 3.8) is 0 Å². The minimum Gasteiger partial charge on any atom is -0.428 e. The smallest absolute Gasteiger partial charge is 0.428 e. The SMILES string of the molecule is CC(C)(C)OC(=O)Oc1ccc2c(CC3CC3)n(-c3ccncc3)nc2c1. The van der Waals surface area contributed by atoms with Crippen LogP contribution in [0, 0.1) is 5.92 Å². The molecule has 0 N–H and O–H groups in total. The molecule has 0 unspecified atom stereocenters. The van der Waals surface area contributed by atoms with Crippen LogP contribution in [0.4, 0.5) is 4.79 Å². The number of benzene rings is 1. The summed E-state index contributed by atoms with van der Waals surface area (Å²) in [7, 11) is 0. The van der Waals surface area contributed by atoms with Crippen molar-refractivity contribution in [2.24, 2.45) is 5.92 Å². The predicted molar refractivity (Wildman–Crippen MR) is 102 cm³/mol. The van der Waals surface area contributed by atoms with Crippen LogP contribution in [0.3, 0.4) is 0 Å². The molecule has 1 aliphatic carbocycles. The standard InChI is InChI=1S/C21H23N3O3/c1-21(2,3)27-20(25)26-16-6-7-17-18(13-16)23-24(15-8-10-22-11-9-15)19(17)12-14-4-5-14/h6-11,13-14H,4-5,12H2,1-3H3. The number of nitrogens with zero attached hydrogens (tertiary/aromatic N) is 3. The van der Waals surface area contributed by atoms with Crippen LogP contribution < -0.4 is 4.74 Å². The molecule has 140 valence electrons. The Bertz CT molecular complexity index is 969. The fourth-order valence-corrected chi connectivity index (χ4v) is 3.04. The third-order valence-corrected chi connectivity index (χ3v) is 4.42. The Labute approximate surface area is 158 Å². The van der Waals surface area contributed by atoms with Gasteiger partial charge in [-0.3, -0.25) is 4.98 Å². The third kappa shape index (κ3) is 4.10. The number of hydrogen-bond donors (Lipinski definition) is 0. The molecule has 0 aliphatic heterocycles. The van der Waals surface area contributed by atoms with Crippen LogP contribution >= 0.6 is 0 Å². The summed E-state index contributed by atoms with van der Waals surface area (Å²) in [6.45, 7) is 5.41. The first-order valence-corrected chi connectivity index (χ1v) is 9.22. The van der Waals surface area contributed by atoms with Gasteiger partial charge in [0.2, 0.25) is 0 Å². The zero-order chi connectivity index (χ0) is 19.0. The Kier molecular flexibility index (Phi) is 4.34. The van der Waals surface area contributed by atoms with E-state index >= 15 is 0 Å². The molecule has 3 aromatic rings. The summed E-state index contributed by atoms with van der Waals surface area (Å²) >= 11 is 0. The molecule has 1 aromatic carbocycles. The van der Waals surface area contributed by atoms with Gasteiger partial charge in [-0.1, -0.05) is 0 Å². The number of carbonyl (C=O) groups excluding carboxylic acids is 1. The largest absolute Gasteiger partial charge is 0.514 e. The van der Waals surface area contributed by atoms with E-state index in [2.05, 4.69) is 4.98 Å². The molecule has 1 aliphatic rings. The van der Waals surface area contributed by atoms with Crippen LogP contribution in [-0.4, -0.2) is 26.5 Å². The van der Waals surface area contributed by atoms with E-state index in [1.807, 2.05) is 22.9 Å². The summed E-state index contributed by atoms with van der Waals surface area (Å²) in [5.74, 6) is 1.15. The van der Waals surface area contributed by atoms with Gasteiger partial charge in [0.1, 0.15) is 11.4 Å². The first kappa shape index (κ1) is 17.5. The highest BCUT2D eigenvalue weighted by atomic mass is 16.7. The number of rotatable bonds is 4. The van der Waals surface area contributed by atoms with Crippen LogP contribution in [0.1, 0.15) is 39.3 Å². The van der Waals surface area contributed by atoms with E-state index in [0.29, 0.717) is 5.75 Å². The second-order valence-corrected chi connectivity index (χ2v) is 7.96. The Hall–Kier alpha value is -2.89. The Morgan fingerprint density at radius 1 is 1.19 bits per heavy atom. The summed E-state index contributed by atoms with van der Waals surface area (Å²) in [6, 6.07) is 9.44. The van der Waals surface area contributed by atoms with E-state index in [-0.39, 0.29) is 0 Å². The van der Waals surface area contributed by atoms with E-state index in [1.165, 1.54) is 18.5 Å². The van der Waals surface area contributed by atoms with Gasteiger partial charge in [-0.05, 0) is 70.2 Å². The van der Waals surface area contributed by atoms with Crippen molar-refractivity contribution < 1.29 is 14.3 Å². The number of hydrogen-bond acceptors (Lipinski definition) is 5. The van der Waals surface area contributed by atoms with E-state index in [9.17, 15) is 4.79 Å². The van der Waals surface area contributed by atoms with Gasteiger partial charge < -0.3 is 9.47 Å². The lowest BCUT2D eigenvalue weighted by Crippen LogP contribution is -2.25. The van der Waals surface area contributed by atoms with Crippen molar-refractivity contribution in [1.29, 1.82) is 0 Å². The van der Waals surface area contributed by atoms with E-state index < -0.39 is 11.8 Å². The van der Waals surface area contributed by atoms with E-state index in [4.69, 9.17) is 14.6 Å². The van der Waals surface area contributed by atoms with Crippen LogP contribution in [-0.2, 0) is 11.2 Å². The predicted octanol–water partition coefficient (Wildman–Crippen LogP) is 4.69. The lowest BCUT2D eigenvalue weighted by Gasteiger charge is -2.18. The highest BCUT2D eigenvalue weighted by Crippen LogP contribution is 2.36. The molecule has 0 radical (unpaired) electrons. The van der Waals surface area contributed by atoms with Gasteiger partial charge in [-0.15, -0.1) is 0 Å². The summed E-state index contributed by atoms with van der Waals surface area (Å²) < 4.78 is 12.5. The fraction of sp³-hybridized carbons (Fsp3) is 0.381. The molecule has 2 aromatic heterocycles.